The van der Waals surface area contributed by atoms with Crippen LogP contribution in [0, 0.1) is 6.92 Å². The van der Waals surface area contributed by atoms with Crippen LogP contribution in [-0.4, -0.2) is 22.7 Å². The molecule has 0 radical (unpaired) electrons. The zero-order chi connectivity index (χ0) is 11.8. The summed E-state index contributed by atoms with van der Waals surface area (Å²) in [5, 5.41) is 8.71. The van der Waals surface area contributed by atoms with Crippen molar-refractivity contribution >= 4 is 5.97 Å². The zero-order valence-electron chi connectivity index (χ0n) is 9.45. The summed E-state index contributed by atoms with van der Waals surface area (Å²) >= 11 is 0. The molecular weight excluding hydrogens is 210 g/mol. The number of carbonyl (C=O) groups is 1. The number of aryl methyl sites for hydroxylation is 1. The van der Waals surface area contributed by atoms with E-state index in [1.54, 1.807) is 6.92 Å². The van der Waals surface area contributed by atoms with Crippen molar-refractivity contribution in [3.63, 3.8) is 0 Å². The lowest BCUT2D eigenvalue weighted by Crippen LogP contribution is -2.20. The molecule has 2 heterocycles. The third-order valence-corrected chi connectivity index (χ3v) is 2.88. The second-order valence-corrected chi connectivity index (χ2v) is 4.28. The van der Waals surface area contributed by atoms with Gasteiger partial charge in [-0.15, -0.1) is 0 Å². The van der Waals surface area contributed by atoms with Crippen LogP contribution in [0.25, 0.3) is 0 Å². The van der Waals surface area contributed by atoms with Crippen LogP contribution in [0.5, 0.6) is 0 Å². The summed E-state index contributed by atoms with van der Waals surface area (Å²) in [4.78, 5) is 14.9. The maximum atomic E-state index is 10.6. The lowest BCUT2D eigenvalue weighted by Gasteiger charge is -2.18. The average Bonchev–Trinajstić information content (AvgIpc) is 2.75. The second kappa shape index (κ2) is 3.90. The summed E-state index contributed by atoms with van der Waals surface area (Å²) in [5.41, 5.74) is 0.149. The Morgan fingerprint density at radius 3 is 2.94 bits per heavy atom. The Hall–Kier alpha value is -1.36. The first-order valence-electron chi connectivity index (χ1n) is 5.34. The molecule has 0 bridgehead atoms. The number of carboxylic acid groups (broad SMARTS) is 1. The lowest BCUT2D eigenvalue weighted by atomic mass is 10.0. The molecule has 1 aromatic heterocycles. The minimum Gasteiger partial charge on any atom is -0.481 e. The van der Waals surface area contributed by atoms with Gasteiger partial charge in [0.05, 0.1) is 5.69 Å². The number of nitrogens with zero attached hydrogens (tertiary/aromatic N) is 1. The SMILES string of the molecule is Cc1nc(C2(C)CCCO2)oc1CC(=O)O. The molecule has 5 nitrogen and oxygen atoms in total. The molecule has 88 valence electrons. The van der Waals surface area contributed by atoms with Gasteiger partial charge in [-0.2, -0.15) is 0 Å². The number of oxazole rings is 1. The topological polar surface area (TPSA) is 72.6 Å². The highest BCUT2D eigenvalue weighted by molar-refractivity contribution is 5.69. The Balaban J connectivity index is 2.26. The number of hydrogen-bond donors (Lipinski definition) is 1. The molecule has 0 amide bonds. The molecule has 0 spiro atoms. The van der Waals surface area contributed by atoms with E-state index in [1.807, 2.05) is 6.92 Å². The minimum atomic E-state index is -0.914. The van der Waals surface area contributed by atoms with Crippen LogP contribution in [0.3, 0.4) is 0 Å². The third-order valence-electron chi connectivity index (χ3n) is 2.88. The number of aromatic nitrogens is 1. The highest BCUT2D eigenvalue weighted by atomic mass is 16.5. The van der Waals surface area contributed by atoms with Gasteiger partial charge in [0.2, 0.25) is 5.89 Å². The van der Waals surface area contributed by atoms with E-state index >= 15 is 0 Å². The van der Waals surface area contributed by atoms with E-state index < -0.39 is 11.6 Å². The molecule has 2 rings (SSSR count). The molecule has 1 N–H and O–H groups in total. The molecular formula is C11H15NO4. The molecule has 1 aliphatic heterocycles. The first-order chi connectivity index (χ1) is 7.51. The monoisotopic (exact) mass is 225 g/mol. The summed E-state index contributed by atoms with van der Waals surface area (Å²) in [6.07, 6.45) is 1.71. The number of carboxylic acids is 1. The summed E-state index contributed by atoms with van der Waals surface area (Å²) in [6.45, 7) is 4.38. The summed E-state index contributed by atoms with van der Waals surface area (Å²) in [6, 6.07) is 0. The van der Waals surface area contributed by atoms with Crippen molar-refractivity contribution in [2.75, 3.05) is 6.61 Å². The van der Waals surface area contributed by atoms with Crippen molar-refractivity contribution in [3.05, 3.63) is 17.3 Å². The van der Waals surface area contributed by atoms with Crippen molar-refractivity contribution in [2.45, 2.75) is 38.7 Å². The number of aliphatic carboxylic acids is 1. The number of rotatable bonds is 3. The normalized spacial score (nSPS) is 24.9. The largest absolute Gasteiger partial charge is 0.481 e. The molecule has 5 heteroatoms. The van der Waals surface area contributed by atoms with Crippen LogP contribution in [0.15, 0.2) is 4.42 Å². The quantitative estimate of drug-likeness (QED) is 0.846. The fraction of sp³-hybridized carbons (Fsp3) is 0.636. The van der Waals surface area contributed by atoms with Crippen LogP contribution in [0.1, 0.15) is 37.1 Å². The van der Waals surface area contributed by atoms with Crippen molar-refractivity contribution in [1.29, 1.82) is 0 Å². The Kier molecular flexibility index (Phi) is 2.71. The van der Waals surface area contributed by atoms with Crippen LogP contribution in [0.4, 0.5) is 0 Å². The standard InChI is InChI=1S/C11H15NO4/c1-7-8(6-9(13)14)16-10(12-7)11(2)4-3-5-15-11/h3-6H2,1-2H3,(H,13,14). The Morgan fingerprint density at radius 2 is 2.38 bits per heavy atom. The predicted molar refractivity (Wildman–Crippen MR) is 55.1 cm³/mol. The molecule has 1 aromatic rings. The molecule has 0 aliphatic carbocycles. The van der Waals surface area contributed by atoms with Gasteiger partial charge >= 0.3 is 5.97 Å². The molecule has 1 unspecified atom stereocenters. The van der Waals surface area contributed by atoms with E-state index in [9.17, 15) is 4.79 Å². The second-order valence-electron chi connectivity index (χ2n) is 4.28. The van der Waals surface area contributed by atoms with Gasteiger partial charge in [-0.05, 0) is 26.7 Å². The van der Waals surface area contributed by atoms with E-state index in [4.69, 9.17) is 14.3 Å². The van der Waals surface area contributed by atoms with Gasteiger partial charge in [-0.3, -0.25) is 4.79 Å². The molecule has 1 atom stereocenters. The molecule has 0 saturated carbocycles. The van der Waals surface area contributed by atoms with Crippen LogP contribution in [-0.2, 0) is 21.6 Å². The van der Waals surface area contributed by atoms with Crippen LogP contribution < -0.4 is 0 Å². The van der Waals surface area contributed by atoms with Crippen molar-refractivity contribution in [3.8, 4) is 0 Å². The van der Waals surface area contributed by atoms with Gasteiger partial charge in [0.15, 0.2) is 0 Å². The van der Waals surface area contributed by atoms with Gasteiger partial charge in [0.25, 0.3) is 0 Å². The van der Waals surface area contributed by atoms with Gasteiger partial charge < -0.3 is 14.3 Å². The molecule has 16 heavy (non-hydrogen) atoms. The number of ether oxygens (including phenoxy) is 1. The van der Waals surface area contributed by atoms with Gasteiger partial charge in [-0.25, -0.2) is 4.98 Å². The highest BCUT2D eigenvalue weighted by Gasteiger charge is 2.37. The minimum absolute atomic E-state index is 0.130. The first kappa shape index (κ1) is 11.1. The van der Waals surface area contributed by atoms with E-state index in [-0.39, 0.29) is 6.42 Å². The van der Waals surface area contributed by atoms with Crippen molar-refractivity contribution < 1.29 is 19.1 Å². The van der Waals surface area contributed by atoms with Crippen molar-refractivity contribution in [2.24, 2.45) is 0 Å². The average molecular weight is 225 g/mol. The Labute approximate surface area is 93.4 Å². The Morgan fingerprint density at radius 1 is 1.62 bits per heavy atom. The third kappa shape index (κ3) is 1.95. The smallest absolute Gasteiger partial charge is 0.311 e. The van der Waals surface area contributed by atoms with Gasteiger partial charge in [-0.1, -0.05) is 0 Å². The Bertz CT molecular complexity index is 404. The maximum Gasteiger partial charge on any atom is 0.311 e. The van der Waals surface area contributed by atoms with E-state index in [0.29, 0.717) is 24.0 Å². The van der Waals surface area contributed by atoms with E-state index in [0.717, 1.165) is 12.8 Å². The summed E-state index contributed by atoms with van der Waals surface area (Å²) in [5.74, 6) is 0.00117. The molecule has 1 saturated heterocycles. The predicted octanol–water partition coefficient (Wildman–Crippen LogP) is 1.64. The molecule has 0 aromatic carbocycles. The molecule has 1 aliphatic rings. The van der Waals surface area contributed by atoms with Crippen molar-refractivity contribution in [1.82, 2.24) is 4.98 Å². The first-order valence-corrected chi connectivity index (χ1v) is 5.34. The van der Waals surface area contributed by atoms with Gasteiger partial charge in [0, 0.05) is 6.61 Å². The lowest BCUT2D eigenvalue weighted by molar-refractivity contribution is -0.136. The highest BCUT2D eigenvalue weighted by Crippen LogP contribution is 2.35. The van der Waals surface area contributed by atoms with E-state index in [2.05, 4.69) is 4.98 Å². The zero-order valence-corrected chi connectivity index (χ0v) is 9.45. The fourth-order valence-corrected chi connectivity index (χ4v) is 1.90. The molecule has 1 fully saturated rings. The fourth-order valence-electron chi connectivity index (χ4n) is 1.90. The van der Waals surface area contributed by atoms with Crippen LogP contribution in [0.2, 0.25) is 0 Å². The van der Waals surface area contributed by atoms with E-state index in [1.165, 1.54) is 0 Å². The van der Waals surface area contributed by atoms with Crippen LogP contribution >= 0.6 is 0 Å². The summed E-state index contributed by atoms with van der Waals surface area (Å²) in [7, 11) is 0. The van der Waals surface area contributed by atoms with Gasteiger partial charge in [0.1, 0.15) is 17.8 Å². The summed E-state index contributed by atoms with van der Waals surface area (Å²) < 4.78 is 11.1. The maximum absolute atomic E-state index is 10.6. The number of hydrogen-bond acceptors (Lipinski definition) is 4.